The fourth-order valence-corrected chi connectivity index (χ4v) is 2.38. The van der Waals surface area contributed by atoms with E-state index < -0.39 is 0 Å². The molecule has 2 aromatic rings. The Morgan fingerprint density at radius 3 is 2.11 bits per heavy atom. The molecule has 0 aliphatic carbocycles. The van der Waals surface area contributed by atoms with Crippen molar-refractivity contribution in [2.45, 2.75) is 39.5 Å². The van der Waals surface area contributed by atoms with Gasteiger partial charge in [0.25, 0.3) is 0 Å². The Morgan fingerprint density at radius 1 is 0.833 bits per heavy atom. The van der Waals surface area contributed by atoms with Crippen molar-refractivity contribution in [1.82, 2.24) is 0 Å². The third-order valence-corrected chi connectivity index (χ3v) is 3.57. The highest BCUT2D eigenvalue weighted by atomic mass is 14.2. The molecular weight excluding hydrogens is 216 g/mol. The summed E-state index contributed by atoms with van der Waals surface area (Å²) in [5.74, 6) is 0. The van der Waals surface area contributed by atoms with Crippen molar-refractivity contribution in [1.29, 1.82) is 0 Å². The average molecular weight is 238 g/mol. The van der Waals surface area contributed by atoms with Gasteiger partial charge in [0.1, 0.15) is 0 Å². The Balaban J connectivity index is 2.23. The van der Waals surface area contributed by atoms with Gasteiger partial charge < -0.3 is 0 Å². The van der Waals surface area contributed by atoms with Gasteiger partial charge in [0, 0.05) is 0 Å². The summed E-state index contributed by atoms with van der Waals surface area (Å²) in [5, 5.41) is 0. The smallest absolute Gasteiger partial charge is 0.00631 e. The highest BCUT2D eigenvalue weighted by molar-refractivity contribution is 5.31. The van der Waals surface area contributed by atoms with E-state index in [0.717, 1.165) is 6.42 Å². The molecule has 18 heavy (non-hydrogen) atoms. The molecule has 0 atom stereocenters. The van der Waals surface area contributed by atoms with E-state index >= 15 is 0 Å². The summed E-state index contributed by atoms with van der Waals surface area (Å²) in [7, 11) is 0. The monoisotopic (exact) mass is 238 g/mol. The van der Waals surface area contributed by atoms with Crippen LogP contribution in [-0.2, 0) is 11.8 Å². The van der Waals surface area contributed by atoms with Gasteiger partial charge in [0.2, 0.25) is 0 Å². The van der Waals surface area contributed by atoms with Gasteiger partial charge in [-0.25, -0.2) is 0 Å². The molecule has 2 rings (SSSR count). The van der Waals surface area contributed by atoms with Crippen LogP contribution in [0.1, 0.15) is 36.1 Å². The first kappa shape index (κ1) is 12.9. The normalized spacial score (nSPS) is 11.6. The second-order valence-corrected chi connectivity index (χ2v) is 5.92. The predicted octanol–water partition coefficient (Wildman–Crippen LogP) is 4.82. The molecule has 0 N–H and O–H groups in total. The van der Waals surface area contributed by atoms with Crippen molar-refractivity contribution in [3.63, 3.8) is 0 Å². The lowest BCUT2D eigenvalue weighted by molar-refractivity contribution is 0.522. The Morgan fingerprint density at radius 2 is 1.50 bits per heavy atom. The summed E-state index contributed by atoms with van der Waals surface area (Å²) in [6.45, 7) is 8.93. The van der Waals surface area contributed by atoms with E-state index in [4.69, 9.17) is 0 Å². The summed E-state index contributed by atoms with van der Waals surface area (Å²) in [5.41, 5.74) is 5.67. The Bertz CT molecular complexity index is 518. The van der Waals surface area contributed by atoms with Crippen LogP contribution in [0.3, 0.4) is 0 Å². The van der Waals surface area contributed by atoms with Gasteiger partial charge in [0.15, 0.2) is 0 Å². The van der Waals surface area contributed by atoms with E-state index in [2.05, 4.69) is 76.2 Å². The predicted molar refractivity (Wildman–Crippen MR) is 79.1 cm³/mol. The quantitative estimate of drug-likeness (QED) is 0.719. The van der Waals surface area contributed by atoms with E-state index in [1.807, 2.05) is 0 Å². The highest BCUT2D eigenvalue weighted by Crippen LogP contribution is 2.28. The van der Waals surface area contributed by atoms with Crippen molar-refractivity contribution in [3.05, 3.63) is 70.8 Å². The Kier molecular flexibility index (Phi) is 3.56. The molecule has 0 fully saturated rings. The maximum atomic E-state index is 2.32. The lowest BCUT2D eigenvalue weighted by Crippen LogP contribution is -2.20. The molecule has 0 heterocycles. The zero-order valence-electron chi connectivity index (χ0n) is 11.8. The maximum Gasteiger partial charge on any atom is -0.00631 e. The van der Waals surface area contributed by atoms with E-state index in [1.165, 1.54) is 22.3 Å². The third kappa shape index (κ3) is 3.01. The van der Waals surface area contributed by atoms with Crippen LogP contribution in [0.5, 0.6) is 0 Å². The Labute approximate surface area is 111 Å². The molecule has 0 amide bonds. The van der Waals surface area contributed by atoms with Crippen LogP contribution in [0, 0.1) is 13.8 Å². The molecule has 0 saturated heterocycles. The van der Waals surface area contributed by atoms with Gasteiger partial charge in [-0.1, -0.05) is 73.5 Å². The molecule has 0 saturated carbocycles. The van der Waals surface area contributed by atoms with Crippen LogP contribution >= 0.6 is 0 Å². The van der Waals surface area contributed by atoms with Crippen LogP contribution in [0.15, 0.2) is 48.5 Å². The number of hydrogen-bond donors (Lipinski definition) is 0. The summed E-state index contributed by atoms with van der Waals surface area (Å²) < 4.78 is 0. The van der Waals surface area contributed by atoms with Crippen molar-refractivity contribution in [2.75, 3.05) is 0 Å². The molecule has 0 unspecified atom stereocenters. The van der Waals surface area contributed by atoms with Crippen LogP contribution in [0.25, 0.3) is 0 Å². The topological polar surface area (TPSA) is 0 Å². The molecule has 0 spiro atoms. The first-order chi connectivity index (χ1) is 8.47. The minimum Gasteiger partial charge on any atom is -0.0617 e. The van der Waals surface area contributed by atoms with Gasteiger partial charge in [0.05, 0.1) is 0 Å². The third-order valence-electron chi connectivity index (χ3n) is 3.57. The lowest BCUT2D eigenvalue weighted by Gasteiger charge is -2.26. The number of aryl methyl sites for hydroxylation is 2. The largest absolute Gasteiger partial charge is 0.0617 e. The minimum atomic E-state index is 0.182. The summed E-state index contributed by atoms with van der Waals surface area (Å²) >= 11 is 0. The molecule has 94 valence electrons. The SMILES string of the molecule is Cc1ccc(CC(C)(C)c2cccc(C)c2)cc1. The molecule has 0 radical (unpaired) electrons. The second-order valence-electron chi connectivity index (χ2n) is 5.92. The highest BCUT2D eigenvalue weighted by Gasteiger charge is 2.20. The average Bonchev–Trinajstić information content (AvgIpc) is 2.32. The van der Waals surface area contributed by atoms with Crippen LogP contribution in [-0.4, -0.2) is 0 Å². The van der Waals surface area contributed by atoms with Crippen LogP contribution in [0.2, 0.25) is 0 Å². The zero-order chi connectivity index (χ0) is 13.2. The van der Waals surface area contributed by atoms with E-state index in [1.54, 1.807) is 0 Å². The van der Waals surface area contributed by atoms with E-state index in [-0.39, 0.29) is 5.41 Å². The van der Waals surface area contributed by atoms with Crippen LogP contribution < -0.4 is 0 Å². The standard InChI is InChI=1S/C18H22/c1-14-8-10-16(11-9-14)13-18(3,4)17-7-5-6-15(2)12-17/h5-12H,13H2,1-4H3. The fraction of sp³-hybridized carbons (Fsp3) is 0.333. The summed E-state index contributed by atoms with van der Waals surface area (Å²) in [4.78, 5) is 0. The molecule has 0 nitrogen and oxygen atoms in total. The van der Waals surface area contributed by atoms with E-state index in [9.17, 15) is 0 Å². The van der Waals surface area contributed by atoms with Crippen molar-refractivity contribution >= 4 is 0 Å². The number of hydrogen-bond acceptors (Lipinski definition) is 0. The molecule has 0 heteroatoms. The zero-order valence-corrected chi connectivity index (χ0v) is 11.8. The van der Waals surface area contributed by atoms with Crippen molar-refractivity contribution < 1.29 is 0 Å². The fourth-order valence-electron chi connectivity index (χ4n) is 2.38. The molecule has 2 aromatic carbocycles. The first-order valence-electron chi connectivity index (χ1n) is 6.60. The number of benzene rings is 2. The summed E-state index contributed by atoms with van der Waals surface area (Å²) in [6, 6.07) is 17.7. The minimum absolute atomic E-state index is 0.182. The number of rotatable bonds is 3. The van der Waals surface area contributed by atoms with Gasteiger partial charge in [-0.05, 0) is 36.8 Å². The Hall–Kier alpha value is -1.56. The lowest BCUT2D eigenvalue weighted by atomic mass is 9.79. The van der Waals surface area contributed by atoms with Gasteiger partial charge in [-0.15, -0.1) is 0 Å². The van der Waals surface area contributed by atoms with Crippen LogP contribution in [0.4, 0.5) is 0 Å². The molecular formula is C18H22. The van der Waals surface area contributed by atoms with Gasteiger partial charge >= 0.3 is 0 Å². The molecule has 0 bridgehead atoms. The van der Waals surface area contributed by atoms with Gasteiger partial charge in [-0.2, -0.15) is 0 Å². The van der Waals surface area contributed by atoms with E-state index in [0.29, 0.717) is 0 Å². The first-order valence-corrected chi connectivity index (χ1v) is 6.60. The van der Waals surface area contributed by atoms with Crippen molar-refractivity contribution in [3.8, 4) is 0 Å². The van der Waals surface area contributed by atoms with Crippen molar-refractivity contribution in [2.24, 2.45) is 0 Å². The molecule has 0 aliphatic rings. The summed E-state index contributed by atoms with van der Waals surface area (Å²) in [6.07, 6.45) is 1.08. The maximum absolute atomic E-state index is 2.32. The second kappa shape index (κ2) is 4.97. The van der Waals surface area contributed by atoms with Gasteiger partial charge in [-0.3, -0.25) is 0 Å². The molecule has 0 aromatic heterocycles. The molecule has 0 aliphatic heterocycles.